The van der Waals surface area contributed by atoms with Crippen molar-refractivity contribution in [3.63, 3.8) is 0 Å². The molecule has 1 N–H and O–H groups in total. The minimum atomic E-state index is -0.179. The molecule has 2 heterocycles. The molecule has 0 radical (unpaired) electrons. The Balaban J connectivity index is 1.59. The summed E-state index contributed by atoms with van der Waals surface area (Å²) < 4.78 is 7.10. The number of aromatic nitrogens is 2. The van der Waals surface area contributed by atoms with Gasteiger partial charge in [-0.3, -0.25) is 0 Å². The van der Waals surface area contributed by atoms with Gasteiger partial charge in [0.05, 0.1) is 30.7 Å². The Labute approximate surface area is 140 Å². The smallest absolute Gasteiger partial charge is 0.318 e. The number of amides is 2. The molecule has 3 aromatic rings. The molecule has 3 rings (SSSR count). The molecule has 6 nitrogen and oxygen atoms in total. The third-order valence-corrected chi connectivity index (χ3v) is 3.73. The summed E-state index contributed by atoms with van der Waals surface area (Å²) in [4.78, 5) is 13.9. The molecule has 0 spiro atoms. The Morgan fingerprint density at radius 3 is 2.79 bits per heavy atom. The summed E-state index contributed by atoms with van der Waals surface area (Å²) in [6.07, 6.45) is 5.29. The Morgan fingerprint density at radius 2 is 2.08 bits per heavy atom. The van der Waals surface area contributed by atoms with Gasteiger partial charge in [0.1, 0.15) is 5.76 Å². The maximum atomic E-state index is 12.3. The molecular formula is C18H20N4O2. The molecule has 0 saturated carbocycles. The van der Waals surface area contributed by atoms with Gasteiger partial charge in [0.15, 0.2) is 0 Å². The number of nitrogens with one attached hydrogen (secondary N) is 1. The molecule has 0 fully saturated rings. The zero-order valence-electron chi connectivity index (χ0n) is 13.7. The van der Waals surface area contributed by atoms with E-state index in [2.05, 4.69) is 10.4 Å². The van der Waals surface area contributed by atoms with Crippen molar-refractivity contribution in [2.75, 3.05) is 7.05 Å². The highest BCUT2D eigenvalue weighted by Gasteiger charge is 2.15. The first-order chi connectivity index (χ1) is 11.6. The maximum absolute atomic E-state index is 12.3. The lowest BCUT2D eigenvalue weighted by molar-refractivity contribution is 0.202. The highest BCUT2D eigenvalue weighted by atomic mass is 16.3. The standard InChI is InChI=1S/C18H20N4O2/c1-14(17-9-6-10-24-17)20-18(23)21(2)12-15-11-19-22(13-15)16-7-4-3-5-8-16/h3-11,13-14H,12H2,1-2H3,(H,20,23)/t14-/m0/s1. The van der Waals surface area contributed by atoms with Gasteiger partial charge in [-0.2, -0.15) is 5.10 Å². The summed E-state index contributed by atoms with van der Waals surface area (Å²) in [7, 11) is 1.75. The third-order valence-electron chi connectivity index (χ3n) is 3.73. The first-order valence-electron chi connectivity index (χ1n) is 7.77. The summed E-state index contributed by atoms with van der Waals surface area (Å²) in [6.45, 7) is 2.36. The first-order valence-corrected chi connectivity index (χ1v) is 7.77. The largest absolute Gasteiger partial charge is 0.467 e. The van der Waals surface area contributed by atoms with Crippen LogP contribution in [0.1, 0.15) is 24.3 Å². The SMILES string of the molecule is C[C@H](NC(=O)N(C)Cc1cnn(-c2ccccc2)c1)c1ccco1. The third kappa shape index (κ3) is 3.65. The lowest BCUT2D eigenvalue weighted by atomic mass is 10.2. The van der Waals surface area contributed by atoms with Crippen LogP contribution < -0.4 is 5.32 Å². The van der Waals surface area contributed by atoms with Crippen molar-refractivity contribution in [2.24, 2.45) is 0 Å². The summed E-state index contributed by atoms with van der Waals surface area (Å²) in [5.41, 5.74) is 1.95. The van der Waals surface area contributed by atoms with E-state index in [1.807, 2.05) is 49.5 Å². The molecule has 0 aliphatic heterocycles. The van der Waals surface area contributed by atoms with Crippen LogP contribution in [0.3, 0.4) is 0 Å². The summed E-state index contributed by atoms with van der Waals surface area (Å²) in [5.74, 6) is 0.730. The Bertz CT molecular complexity index is 780. The highest BCUT2D eigenvalue weighted by molar-refractivity contribution is 5.74. The van der Waals surface area contributed by atoms with Crippen LogP contribution in [0.5, 0.6) is 0 Å². The second-order valence-corrected chi connectivity index (χ2v) is 5.67. The van der Waals surface area contributed by atoms with Crippen LogP contribution >= 0.6 is 0 Å². The van der Waals surface area contributed by atoms with E-state index in [0.29, 0.717) is 6.54 Å². The molecular weight excluding hydrogens is 304 g/mol. The molecule has 0 bridgehead atoms. The number of rotatable bonds is 5. The number of benzene rings is 1. The molecule has 24 heavy (non-hydrogen) atoms. The zero-order chi connectivity index (χ0) is 16.9. The number of nitrogens with zero attached hydrogens (tertiary/aromatic N) is 3. The van der Waals surface area contributed by atoms with E-state index in [1.165, 1.54) is 0 Å². The van der Waals surface area contributed by atoms with Gasteiger partial charge >= 0.3 is 6.03 Å². The summed E-state index contributed by atoms with van der Waals surface area (Å²) in [5, 5.41) is 7.25. The van der Waals surface area contributed by atoms with E-state index in [9.17, 15) is 4.79 Å². The lowest BCUT2D eigenvalue weighted by Crippen LogP contribution is -2.38. The zero-order valence-corrected chi connectivity index (χ0v) is 13.7. The number of urea groups is 1. The quantitative estimate of drug-likeness (QED) is 0.782. The molecule has 0 unspecified atom stereocenters. The van der Waals surface area contributed by atoms with Crippen molar-refractivity contribution in [3.05, 3.63) is 72.4 Å². The van der Waals surface area contributed by atoms with Gasteiger partial charge in [-0.15, -0.1) is 0 Å². The van der Waals surface area contributed by atoms with E-state index in [0.717, 1.165) is 17.0 Å². The highest BCUT2D eigenvalue weighted by Crippen LogP contribution is 2.13. The number of para-hydroxylation sites is 1. The molecule has 124 valence electrons. The van der Waals surface area contributed by atoms with Crippen molar-refractivity contribution in [3.8, 4) is 5.69 Å². The van der Waals surface area contributed by atoms with Gasteiger partial charge in [-0.1, -0.05) is 18.2 Å². The van der Waals surface area contributed by atoms with Crippen molar-refractivity contribution in [1.82, 2.24) is 20.0 Å². The van der Waals surface area contributed by atoms with Crippen molar-refractivity contribution in [1.29, 1.82) is 0 Å². The number of hydrogen-bond donors (Lipinski definition) is 1. The van der Waals surface area contributed by atoms with Crippen LogP contribution in [0, 0.1) is 0 Å². The van der Waals surface area contributed by atoms with Crippen LogP contribution in [-0.2, 0) is 6.54 Å². The van der Waals surface area contributed by atoms with Crippen LogP contribution in [0.15, 0.2) is 65.5 Å². The maximum Gasteiger partial charge on any atom is 0.318 e. The number of hydrogen-bond acceptors (Lipinski definition) is 3. The average molecular weight is 324 g/mol. The number of carbonyl (C=O) groups is 1. The van der Waals surface area contributed by atoms with E-state index in [-0.39, 0.29) is 12.1 Å². The van der Waals surface area contributed by atoms with Crippen molar-refractivity contribution >= 4 is 6.03 Å². The number of furan rings is 1. The Kier molecular flexibility index (Phi) is 4.65. The molecule has 0 saturated heterocycles. The second kappa shape index (κ2) is 7.04. The van der Waals surface area contributed by atoms with E-state index in [4.69, 9.17) is 4.42 Å². The summed E-state index contributed by atoms with van der Waals surface area (Å²) >= 11 is 0. The fourth-order valence-electron chi connectivity index (χ4n) is 2.41. The average Bonchev–Trinajstić information content (AvgIpc) is 3.27. The van der Waals surface area contributed by atoms with Gasteiger partial charge in [-0.05, 0) is 31.2 Å². The molecule has 1 aromatic carbocycles. The predicted molar refractivity (Wildman–Crippen MR) is 90.7 cm³/mol. The van der Waals surface area contributed by atoms with Crippen LogP contribution in [0.2, 0.25) is 0 Å². The minimum Gasteiger partial charge on any atom is -0.467 e. The molecule has 2 aromatic heterocycles. The van der Waals surface area contributed by atoms with Gasteiger partial charge in [-0.25, -0.2) is 9.48 Å². The number of carbonyl (C=O) groups excluding carboxylic acids is 1. The van der Waals surface area contributed by atoms with Crippen LogP contribution in [0.4, 0.5) is 4.79 Å². The fourth-order valence-corrected chi connectivity index (χ4v) is 2.41. The van der Waals surface area contributed by atoms with Gasteiger partial charge in [0.25, 0.3) is 0 Å². The van der Waals surface area contributed by atoms with Gasteiger partial charge in [0.2, 0.25) is 0 Å². The topological polar surface area (TPSA) is 63.3 Å². The molecule has 0 aliphatic carbocycles. The van der Waals surface area contributed by atoms with Crippen molar-refractivity contribution in [2.45, 2.75) is 19.5 Å². The first kappa shape index (κ1) is 15.9. The van der Waals surface area contributed by atoms with Gasteiger partial charge < -0.3 is 14.6 Å². The van der Waals surface area contributed by atoms with Crippen LogP contribution in [-0.4, -0.2) is 27.8 Å². The Morgan fingerprint density at radius 1 is 1.29 bits per heavy atom. The Hall–Kier alpha value is -3.02. The van der Waals surface area contributed by atoms with Crippen LogP contribution in [0.25, 0.3) is 5.69 Å². The summed E-state index contributed by atoms with van der Waals surface area (Å²) in [6, 6.07) is 13.2. The molecule has 2 amide bonds. The van der Waals surface area contributed by atoms with Crippen molar-refractivity contribution < 1.29 is 9.21 Å². The lowest BCUT2D eigenvalue weighted by Gasteiger charge is -2.19. The van der Waals surface area contributed by atoms with Gasteiger partial charge in [0, 0.05) is 18.8 Å². The fraction of sp³-hybridized carbons (Fsp3) is 0.222. The normalized spacial score (nSPS) is 11.9. The van der Waals surface area contributed by atoms with E-state index in [1.54, 1.807) is 35.2 Å². The predicted octanol–water partition coefficient (Wildman–Crippen LogP) is 3.37. The molecule has 1 atom stereocenters. The second-order valence-electron chi connectivity index (χ2n) is 5.67. The molecule has 6 heteroatoms. The molecule has 0 aliphatic rings. The van der Waals surface area contributed by atoms with E-state index >= 15 is 0 Å². The van der Waals surface area contributed by atoms with E-state index < -0.39 is 0 Å². The monoisotopic (exact) mass is 324 g/mol. The minimum absolute atomic E-state index is 0.161.